The summed E-state index contributed by atoms with van der Waals surface area (Å²) >= 11 is 0. The Morgan fingerprint density at radius 1 is 0.919 bits per heavy atom. The van der Waals surface area contributed by atoms with E-state index in [0.29, 0.717) is 31.2 Å². The van der Waals surface area contributed by atoms with E-state index in [1.54, 1.807) is 0 Å². The fourth-order valence-corrected chi connectivity index (χ4v) is 3.80. The van der Waals surface area contributed by atoms with Gasteiger partial charge in [0, 0.05) is 36.7 Å². The molecule has 9 heteroatoms. The van der Waals surface area contributed by atoms with Gasteiger partial charge < -0.3 is 20.3 Å². The number of anilines is 2. The van der Waals surface area contributed by atoms with Crippen LogP contribution in [0.25, 0.3) is 0 Å². The number of carboxylic acids is 2. The summed E-state index contributed by atoms with van der Waals surface area (Å²) in [5.74, 6) is -2.01. The number of aliphatic carboxylic acids is 2. The van der Waals surface area contributed by atoms with Gasteiger partial charge in [-0.2, -0.15) is 0 Å². The number of likely N-dealkylation sites (tertiary alicyclic amines) is 1. The molecule has 0 spiro atoms. The number of hydrogen-bond donors (Lipinski definition) is 3. The number of amides is 2. The molecule has 3 N–H and O–H groups in total. The van der Waals surface area contributed by atoms with Gasteiger partial charge in [-0.3, -0.25) is 9.80 Å². The third-order valence-electron chi connectivity index (χ3n) is 5.52. The summed E-state index contributed by atoms with van der Waals surface area (Å²) in [6.45, 7) is 8.44. The molecule has 0 aromatic heterocycles. The van der Waals surface area contributed by atoms with Gasteiger partial charge in [-0.05, 0) is 56.1 Å². The zero-order chi connectivity index (χ0) is 27.0. The van der Waals surface area contributed by atoms with Crippen LogP contribution in [0.15, 0.2) is 72.8 Å². The average Bonchev–Trinajstić information content (AvgIpc) is 3.41. The number of hydrogen-bond acceptors (Lipinski definition) is 5. The van der Waals surface area contributed by atoms with E-state index in [0.717, 1.165) is 31.1 Å². The van der Waals surface area contributed by atoms with Crippen LogP contribution < -0.4 is 10.2 Å². The van der Waals surface area contributed by atoms with E-state index in [4.69, 9.17) is 14.9 Å². The van der Waals surface area contributed by atoms with Crippen LogP contribution in [0.5, 0.6) is 0 Å². The Bertz CT molecular complexity index is 975. The van der Waals surface area contributed by atoms with Crippen LogP contribution in [-0.2, 0) is 14.3 Å². The van der Waals surface area contributed by atoms with Crippen molar-refractivity contribution < 1.29 is 29.3 Å². The molecule has 1 heterocycles. The maximum Gasteiger partial charge on any atom is 0.328 e. The van der Waals surface area contributed by atoms with Crippen LogP contribution in [0, 0.1) is 5.92 Å². The SMILES string of the molecule is CC(C)COCC(CN(C(=O)Nc1ccccc1)c1ccccc1)N1CCCC1.O=C(O)/C=C/C(=O)O. The molecule has 37 heavy (non-hydrogen) atoms. The highest BCUT2D eigenvalue weighted by molar-refractivity contribution is 6.01. The highest BCUT2D eigenvalue weighted by Gasteiger charge is 2.27. The van der Waals surface area contributed by atoms with Gasteiger partial charge in [-0.25, -0.2) is 14.4 Å². The number of carboxylic acid groups (broad SMARTS) is 2. The minimum absolute atomic E-state index is 0.115. The third-order valence-corrected chi connectivity index (χ3v) is 5.52. The van der Waals surface area contributed by atoms with Crippen LogP contribution >= 0.6 is 0 Å². The minimum atomic E-state index is -1.26. The monoisotopic (exact) mass is 511 g/mol. The maximum atomic E-state index is 13.2. The highest BCUT2D eigenvalue weighted by atomic mass is 16.5. The van der Waals surface area contributed by atoms with Gasteiger partial charge >= 0.3 is 18.0 Å². The van der Waals surface area contributed by atoms with Crippen molar-refractivity contribution in [1.82, 2.24) is 4.90 Å². The highest BCUT2D eigenvalue weighted by Crippen LogP contribution is 2.20. The lowest BCUT2D eigenvalue weighted by Gasteiger charge is -2.33. The number of carbonyl (C=O) groups excluding carboxylic acids is 1. The number of para-hydroxylation sites is 2. The summed E-state index contributed by atoms with van der Waals surface area (Å²) in [6, 6.07) is 19.6. The number of benzene rings is 2. The molecule has 2 aromatic rings. The van der Waals surface area contributed by atoms with Crippen molar-refractivity contribution in [2.24, 2.45) is 5.92 Å². The van der Waals surface area contributed by atoms with E-state index < -0.39 is 11.9 Å². The molecule has 1 aliphatic rings. The molecule has 2 amide bonds. The summed E-state index contributed by atoms with van der Waals surface area (Å²) in [5, 5.41) is 18.7. The first-order valence-corrected chi connectivity index (χ1v) is 12.4. The van der Waals surface area contributed by atoms with Gasteiger partial charge in [-0.15, -0.1) is 0 Å². The second kappa shape index (κ2) is 16.1. The van der Waals surface area contributed by atoms with Crippen LogP contribution in [0.2, 0.25) is 0 Å². The van der Waals surface area contributed by atoms with E-state index in [2.05, 4.69) is 24.1 Å². The number of ether oxygens (including phenoxy) is 1. The summed E-state index contributed by atoms with van der Waals surface area (Å²) in [4.78, 5) is 36.6. The van der Waals surface area contributed by atoms with Crippen molar-refractivity contribution in [2.75, 3.05) is 43.1 Å². The zero-order valence-corrected chi connectivity index (χ0v) is 21.5. The second-order valence-electron chi connectivity index (χ2n) is 9.08. The van der Waals surface area contributed by atoms with E-state index in [1.807, 2.05) is 65.6 Å². The average molecular weight is 512 g/mol. The number of nitrogens with zero attached hydrogens (tertiary/aromatic N) is 2. The lowest BCUT2D eigenvalue weighted by molar-refractivity contribution is -0.134. The first-order valence-electron chi connectivity index (χ1n) is 12.4. The molecule has 1 fully saturated rings. The van der Waals surface area contributed by atoms with E-state index >= 15 is 0 Å². The predicted octanol–water partition coefficient (Wildman–Crippen LogP) is 4.57. The van der Waals surface area contributed by atoms with Gasteiger partial charge in [0.2, 0.25) is 0 Å². The Kier molecular flexibility index (Phi) is 12.9. The molecular weight excluding hydrogens is 474 g/mol. The number of carbonyl (C=O) groups is 3. The second-order valence-corrected chi connectivity index (χ2v) is 9.08. The molecule has 0 bridgehead atoms. The van der Waals surface area contributed by atoms with E-state index in [1.165, 1.54) is 12.8 Å². The van der Waals surface area contributed by atoms with E-state index in [-0.39, 0.29) is 12.1 Å². The molecule has 200 valence electrons. The van der Waals surface area contributed by atoms with Crippen LogP contribution in [0.1, 0.15) is 26.7 Å². The number of rotatable bonds is 11. The predicted molar refractivity (Wildman–Crippen MR) is 144 cm³/mol. The molecule has 9 nitrogen and oxygen atoms in total. The van der Waals surface area contributed by atoms with Crippen molar-refractivity contribution in [1.29, 1.82) is 0 Å². The molecular formula is C28H37N3O6. The van der Waals surface area contributed by atoms with Crippen molar-refractivity contribution in [3.63, 3.8) is 0 Å². The Morgan fingerprint density at radius 2 is 1.46 bits per heavy atom. The maximum absolute atomic E-state index is 13.2. The molecule has 0 saturated carbocycles. The van der Waals surface area contributed by atoms with Gasteiger partial charge in [-0.1, -0.05) is 50.2 Å². The minimum Gasteiger partial charge on any atom is -0.478 e. The van der Waals surface area contributed by atoms with Crippen LogP contribution in [0.3, 0.4) is 0 Å². The molecule has 0 radical (unpaired) electrons. The number of urea groups is 1. The quantitative estimate of drug-likeness (QED) is 0.378. The standard InChI is InChI=1S/C24H33N3O2.C4H4O4/c1-20(2)18-29-19-23(26-15-9-10-16-26)17-27(22-13-7-4-8-14-22)24(28)25-21-11-5-3-6-12-21;5-3(6)1-2-4(7)8/h3-8,11-14,20,23H,9-10,15-19H2,1-2H3,(H,25,28);1-2H,(H,5,6)(H,7,8)/b;2-1+. The Balaban J connectivity index is 0.000000521. The van der Waals surface area contributed by atoms with Crippen LogP contribution in [-0.4, -0.2) is 72.0 Å². The van der Waals surface area contributed by atoms with Crippen molar-refractivity contribution in [2.45, 2.75) is 32.7 Å². The van der Waals surface area contributed by atoms with Gasteiger partial charge in [0.25, 0.3) is 0 Å². The Hall–Kier alpha value is -3.69. The summed E-state index contributed by atoms with van der Waals surface area (Å²) in [7, 11) is 0. The summed E-state index contributed by atoms with van der Waals surface area (Å²) in [6.07, 6.45) is 3.54. The molecule has 1 saturated heterocycles. The normalized spacial score (nSPS) is 14.1. The molecule has 3 rings (SSSR count). The van der Waals surface area contributed by atoms with Crippen molar-refractivity contribution >= 4 is 29.3 Å². The van der Waals surface area contributed by atoms with E-state index in [9.17, 15) is 14.4 Å². The van der Waals surface area contributed by atoms with Crippen LogP contribution in [0.4, 0.5) is 16.2 Å². The fraction of sp³-hybridized carbons (Fsp3) is 0.393. The number of nitrogens with one attached hydrogen (secondary N) is 1. The van der Waals surface area contributed by atoms with Gasteiger partial charge in [0.1, 0.15) is 0 Å². The molecule has 1 aliphatic heterocycles. The largest absolute Gasteiger partial charge is 0.478 e. The lowest BCUT2D eigenvalue weighted by Crippen LogP contribution is -2.49. The van der Waals surface area contributed by atoms with Gasteiger partial charge in [0.15, 0.2) is 0 Å². The van der Waals surface area contributed by atoms with Crippen molar-refractivity contribution in [3.8, 4) is 0 Å². The zero-order valence-electron chi connectivity index (χ0n) is 21.5. The smallest absolute Gasteiger partial charge is 0.328 e. The Labute approximate surface area is 218 Å². The molecule has 0 aliphatic carbocycles. The third kappa shape index (κ3) is 11.7. The first kappa shape index (κ1) is 29.5. The summed E-state index contributed by atoms with van der Waals surface area (Å²) in [5.41, 5.74) is 1.70. The lowest BCUT2D eigenvalue weighted by atomic mass is 10.2. The topological polar surface area (TPSA) is 119 Å². The molecule has 1 atom stereocenters. The fourth-order valence-electron chi connectivity index (χ4n) is 3.80. The molecule has 1 unspecified atom stereocenters. The molecule has 2 aromatic carbocycles. The Morgan fingerprint density at radius 3 is 1.97 bits per heavy atom. The van der Waals surface area contributed by atoms with Gasteiger partial charge in [0.05, 0.1) is 12.6 Å². The van der Waals surface area contributed by atoms with Crippen molar-refractivity contribution in [3.05, 3.63) is 72.8 Å². The first-order chi connectivity index (χ1) is 17.8. The summed E-state index contributed by atoms with van der Waals surface area (Å²) < 4.78 is 6.00.